The molecule has 3 fully saturated rings. The first-order chi connectivity index (χ1) is 13.2. The summed E-state index contributed by atoms with van der Waals surface area (Å²) in [6, 6.07) is 5.17. The summed E-state index contributed by atoms with van der Waals surface area (Å²) in [5, 5.41) is 4.12. The molecule has 0 amide bonds. The van der Waals surface area contributed by atoms with E-state index in [2.05, 4.69) is 22.0 Å². The van der Waals surface area contributed by atoms with Crippen molar-refractivity contribution < 1.29 is 4.39 Å². The summed E-state index contributed by atoms with van der Waals surface area (Å²) in [4.78, 5) is 9.71. The van der Waals surface area contributed by atoms with Crippen LogP contribution in [-0.4, -0.2) is 61.1 Å². The van der Waals surface area contributed by atoms with Crippen LogP contribution in [0.15, 0.2) is 23.2 Å². The van der Waals surface area contributed by atoms with Crippen LogP contribution in [0, 0.1) is 11.7 Å². The van der Waals surface area contributed by atoms with Crippen molar-refractivity contribution in [3.8, 4) is 0 Å². The number of benzene rings is 1. The van der Waals surface area contributed by atoms with Gasteiger partial charge in [0.2, 0.25) is 0 Å². The Bertz CT molecular complexity index is 675. The Labute approximate surface area is 189 Å². The number of aliphatic imine (C=N–C) groups is 1. The van der Waals surface area contributed by atoms with Crippen LogP contribution in [-0.2, 0) is 0 Å². The summed E-state index contributed by atoms with van der Waals surface area (Å²) in [6.45, 7) is 8.69. The summed E-state index contributed by atoms with van der Waals surface area (Å²) in [5.41, 5.74) is 0.654. The summed E-state index contributed by atoms with van der Waals surface area (Å²) in [6.07, 6.45) is 4.84. The standard InChI is InChI=1S/C21H30ClFN4.HI/c1-2-24-21(27-11-8-15(14-27)13-26-9-3-4-10-26)25-19-12-16(19)20-17(22)6-5-7-18(20)23;/h5-7,15-16,19H,2-4,8-14H2,1H3,(H,24,25);1H. The number of hydrogen-bond donors (Lipinski definition) is 1. The second-order valence-corrected chi connectivity index (χ2v) is 8.54. The van der Waals surface area contributed by atoms with Crippen LogP contribution in [0.5, 0.6) is 0 Å². The topological polar surface area (TPSA) is 30.9 Å². The molecule has 0 radical (unpaired) electrons. The van der Waals surface area contributed by atoms with E-state index in [9.17, 15) is 4.39 Å². The SMILES string of the molecule is CCN=C(NC1CC1c1c(F)cccc1Cl)N1CCC(CN2CCCC2)C1.I. The lowest BCUT2D eigenvalue weighted by molar-refractivity contribution is 0.281. The fourth-order valence-corrected chi connectivity index (χ4v) is 4.90. The van der Waals surface area contributed by atoms with Gasteiger partial charge in [0.1, 0.15) is 5.82 Å². The monoisotopic (exact) mass is 520 g/mol. The van der Waals surface area contributed by atoms with Crippen LogP contribution < -0.4 is 5.32 Å². The van der Waals surface area contributed by atoms with Crippen LogP contribution in [0.2, 0.25) is 5.02 Å². The molecule has 3 aliphatic rings. The number of halogens is 3. The number of nitrogens with zero attached hydrogens (tertiary/aromatic N) is 3. The lowest BCUT2D eigenvalue weighted by atomic mass is 10.1. The van der Waals surface area contributed by atoms with E-state index in [4.69, 9.17) is 16.6 Å². The van der Waals surface area contributed by atoms with Crippen molar-refractivity contribution in [3.05, 3.63) is 34.6 Å². The highest BCUT2D eigenvalue weighted by atomic mass is 127. The second-order valence-electron chi connectivity index (χ2n) is 8.13. The number of likely N-dealkylation sites (tertiary alicyclic amines) is 2. The van der Waals surface area contributed by atoms with E-state index < -0.39 is 0 Å². The third-order valence-electron chi connectivity index (χ3n) is 6.08. The van der Waals surface area contributed by atoms with Gasteiger partial charge in [-0.2, -0.15) is 0 Å². The lowest BCUT2D eigenvalue weighted by Crippen LogP contribution is -2.42. The van der Waals surface area contributed by atoms with Gasteiger partial charge in [-0.15, -0.1) is 24.0 Å². The zero-order valence-electron chi connectivity index (χ0n) is 16.5. The maximum absolute atomic E-state index is 14.2. The Balaban J connectivity index is 0.00000225. The van der Waals surface area contributed by atoms with Crippen LogP contribution in [0.25, 0.3) is 0 Å². The predicted molar refractivity (Wildman–Crippen MR) is 124 cm³/mol. The Hall–Kier alpha value is -0.600. The molecule has 2 saturated heterocycles. The van der Waals surface area contributed by atoms with Crippen molar-refractivity contribution in [1.82, 2.24) is 15.1 Å². The van der Waals surface area contributed by atoms with Gasteiger partial charge in [-0.3, -0.25) is 4.99 Å². The molecule has 3 atom stereocenters. The van der Waals surface area contributed by atoms with Gasteiger partial charge in [0.05, 0.1) is 0 Å². The zero-order chi connectivity index (χ0) is 18.8. The molecule has 1 aromatic rings. The van der Waals surface area contributed by atoms with E-state index >= 15 is 0 Å². The molecule has 3 unspecified atom stereocenters. The molecule has 2 aliphatic heterocycles. The van der Waals surface area contributed by atoms with Crippen LogP contribution in [0.4, 0.5) is 4.39 Å². The van der Waals surface area contributed by atoms with Crippen molar-refractivity contribution in [3.63, 3.8) is 0 Å². The van der Waals surface area contributed by atoms with Gasteiger partial charge in [-0.25, -0.2) is 4.39 Å². The highest BCUT2D eigenvalue weighted by Crippen LogP contribution is 2.45. The fourth-order valence-electron chi connectivity index (χ4n) is 4.60. The van der Waals surface area contributed by atoms with Crippen molar-refractivity contribution in [2.75, 3.05) is 39.3 Å². The third kappa shape index (κ3) is 5.11. The molecule has 156 valence electrons. The van der Waals surface area contributed by atoms with Gasteiger partial charge >= 0.3 is 0 Å². The van der Waals surface area contributed by atoms with E-state index in [0.717, 1.165) is 37.9 Å². The quantitative estimate of drug-likeness (QED) is 0.356. The number of guanidine groups is 1. The maximum Gasteiger partial charge on any atom is 0.194 e. The number of rotatable bonds is 5. The predicted octanol–water partition coefficient (Wildman–Crippen LogP) is 4.34. The van der Waals surface area contributed by atoms with Crippen LogP contribution in [0.3, 0.4) is 0 Å². The minimum Gasteiger partial charge on any atom is -0.353 e. The van der Waals surface area contributed by atoms with Gasteiger partial charge < -0.3 is 15.1 Å². The van der Waals surface area contributed by atoms with Crippen LogP contribution >= 0.6 is 35.6 Å². The van der Waals surface area contributed by atoms with Crippen molar-refractivity contribution >= 4 is 41.5 Å². The van der Waals surface area contributed by atoms with Gasteiger partial charge in [-0.05, 0) is 63.7 Å². The summed E-state index contributed by atoms with van der Waals surface area (Å²) < 4.78 is 14.2. The van der Waals surface area contributed by atoms with Gasteiger partial charge in [0, 0.05) is 48.7 Å². The molecule has 4 nitrogen and oxygen atoms in total. The van der Waals surface area contributed by atoms with E-state index in [1.807, 2.05) is 0 Å². The Morgan fingerprint density at radius 2 is 2.07 bits per heavy atom. The van der Waals surface area contributed by atoms with Crippen molar-refractivity contribution in [2.45, 2.75) is 44.6 Å². The van der Waals surface area contributed by atoms with Crippen molar-refractivity contribution in [2.24, 2.45) is 10.9 Å². The molecule has 1 aliphatic carbocycles. The smallest absolute Gasteiger partial charge is 0.194 e. The van der Waals surface area contributed by atoms with Gasteiger partial charge in [0.25, 0.3) is 0 Å². The molecular weight excluding hydrogens is 490 g/mol. The normalized spacial score (nSPS) is 27.8. The largest absolute Gasteiger partial charge is 0.353 e. The van der Waals surface area contributed by atoms with E-state index in [-0.39, 0.29) is 41.8 Å². The fraction of sp³-hybridized carbons (Fsp3) is 0.667. The van der Waals surface area contributed by atoms with E-state index in [1.165, 1.54) is 45.0 Å². The summed E-state index contributed by atoms with van der Waals surface area (Å²) in [7, 11) is 0. The molecular formula is C21H31ClFIN4. The molecule has 0 spiro atoms. The molecule has 0 bridgehead atoms. The molecule has 1 aromatic carbocycles. The van der Waals surface area contributed by atoms with Gasteiger partial charge in [-0.1, -0.05) is 17.7 Å². The highest BCUT2D eigenvalue weighted by molar-refractivity contribution is 14.0. The molecule has 1 N–H and O–H groups in total. The number of hydrogen-bond acceptors (Lipinski definition) is 2. The van der Waals surface area contributed by atoms with Crippen molar-refractivity contribution in [1.29, 1.82) is 0 Å². The lowest BCUT2D eigenvalue weighted by Gasteiger charge is -2.24. The number of nitrogens with one attached hydrogen (secondary N) is 1. The third-order valence-corrected chi connectivity index (χ3v) is 6.41. The minimum absolute atomic E-state index is 0. The van der Waals surface area contributed by atoms with Crippen LogP contribution in [0.1, 0.15) is 44.1 Å². The zero-order valence-corrected chi connectivity index (χ0v) is 19.6. The molecule has 0 aromatic heterocycles. The highest BCUT2D eigenvalue weighted by Gasteiger charge is 2.43. The second kappa shape index (κ2) is 9.94. The van der Waals surface area contributed by atoms with E-state index in [1.54, 1.807) is 12.1 Å². The Morgan fingerprint density at radius 1 is 1.29 bits per heavy atom. The molecule has 1 saturated carbocycles. The maximum atomic E-state index is 14.2. The minimum atomic E-state index is -0.197. The first-order valence-corrected chi connectivity index (χ1v) is 10.8. The van der Waals surface area contributed by atoms with Gasteiger partial charge in [0.15, 0.2) is 5.96 Å². The average Bonchev–Trinajstić information content (AvgIpc) is 3.03. The van der Waals surface area contributed by atoms with E-state index in [0.29, 0.717) is 10.6 Å². The first kappa shape index (κ1) is 22.1. The summed E-state index contributed by atoms with van der Waals surface area (Å²) >= 11 is 6.24. The first-order valence-electron chi connectivity index (χ1n) is 10.4. The Kier molecular flexibility index (Phi) is 7.84. The summed E-state index contributed by atoms with van der Waals surface area (Å²) in [5.74, 6) is 1.66. The molecule has 7 heteroatoms. The average molecular weight is 521 g/mol. The Morgan fingerprint density at radius 3 is 2.79 bits per heavy atom. The molecule has 4 rings (SSSR count). The molecule has 28 heavy (non-hydrogen) atoms. The molecule has 2 heterocycles.